The van der Waals surface area contributed by atoms with Crippen LogP contribution in [-0.4, -0.2) is 21.6 Å². The molecule has 2 heterocycles. The van der Waals surface area contributed by atoms with Gasteiger partial charge >= 0.3 is 0 Å². The molecule has 24 heavy (non-hydrogen) atoms. The first-order valence-corrected chi connectivity index (χ1v) is 9.49. The molecule has 122 valence electrons. The van der Waals surface area contributed by atoms with Crippen molar-refractivity contribution in [3.05, 3.63) is 70.3 Å². The second-order valence-corrected chi connectivity index (χ2v) is 7.29. The molecule has 1 amide bonds. The number of hydrogen-bond acceptors (Lipinski definition) is 5. The summed E-state index contributed by atoms with van der Waals surface area (Å²) >= 11 is 3.17. The van der Waals surface area contributed by atoms with Crippen LogP contribution in [0.4, 0.5) is 5.69 Å². The summed E-state index contributed by atoms with van der Waals surface area (Å²) in [5, 5.41) is 6.52. The number of thioether (sulfide) groups is 1. The quantitative estimate of drug-likeness (QED) is 0.662. The number of thiazole rings is 1. The van der Waals surface area contributed by atoms with Gasteiger partial charge in [0.2, 0.25) is 0 Å². The van der Waals surface area contributed by atoms with Gasteiger partial charge in [0.05, 0.1) is 21.9 Å². The third kappa shape index (κ3) is 4.43. The Labute approximate surface area is 149 Å². The summed E-state index contributed by atoms with van der Waals surface area (Å²) in [6.07, 6.45) is 2.41. The number of hydrogen-bond donors (Lipinski definition) is 1. The van der Waals surface area contributed by atoms with Gasteiger partial charge in [0.15, 0.2) is 0 Å². The number of benzene rings is 1. The van der Waals surface area contributed by atoms with Gasteiger partial charge in [-0.2, -0.15) is 0 Å². The molecule has 0 atom stereocenters. The lowest BCUT2D eigenvalue weighted by Gasteiger charge is -2.03. The van der Waals surface area contributed by atoms with Gasteiger partial charge in [0.25, 0.3) is 5.91 Å². The fraction of sp³-hybridized carbons (Fsp3) is 0.167. The average molecular weight is 355 g/mol. The minimum absolute atomic E-state index is 0.205. The monoisotopic (exact) mass is 355 g/mol. The fourth-order valence-electron chi connectivity index (χ4n) is 2.15. The maximum atomic E-state index is 12.3. The molecular weight excluding hydrogens is 338 g/mol. The molecule has 3 aromatic rings. The number of carbonyl (C=O) groups is 1. The van der Waals surface area contributed by atoms with Gasteiger partial charge in [-0.05, 0) is 23.4 Å². The third-order valence-corrected chi connectivity index (χ3v) is 4.94. The molecule has 0 bridgehead atoms. The van der Waals surface area contributed by atoms with Crippen LogP contribution in [0.5, 0.6) is 0 Å². The van der Waals surface area contributed by atoms with Gasteiger partial charge in [-0.1, -0.05) is 37.3 Å². The number of rotatable bonds is 6. The molecule has 0 radical (unpaired) electrons. The number of pyridine rings is 1. The van der Waals surface area contributed by atoms with Crippen LogP contribution in [0.15, 0.2) is 59.1 Å². The number of nitrogens with zero attached hydrogens (tertiary/aromatic N) is 2. The van der Waals surface area contributed by atoms with Crippen molar-refractivity contribution < 1.29 is 4.79 Å². The van der Waals surface area contributed by atoms with Crippen LogP contribution in [-0.2, 0) is 6.42 Å². The van der Waals surface area contributed by atoms with E-state index in [2.05, 4.69) is 34.3 Å². The van der Waals surface area contributed by atoms with E-state index in [4.69, 9.17) is 0 Å². The average Bonchev–Trinajstić information content (AvgIpc) is 3.06. The summed E-state index contributed by atoms with van der Waals surface area (Å²) in [6, 6.07) is 13.9. The first-order chi connectivity index (χ1) is 11.7. The van der Waals surface area contributed by atoms with Crippen molar-refractivity contribution in [1.82, 2.24) is 9.97 Å². The van der Waals surface area contributed by atoms with E-state index >= 15 is 0 Å². The number of aromatic nitrogens is 2. The van der Waals surface area contributed by atoms with Crippen molar-refractivity contribution in [3.63, 3.8) is 0 Å². The summed E-state index contributed by atoms with van der Waals surface area (Å²) in [6.45, 7) is 2.08. The Balaban J connectivity index is 1.63. The lowest BCUT2D eigenvalue weighted by Crippen LogP contribution is -2.12. The molecule has 0 aliphatic heterocycles. The molecule has 0 fully saturated rings. The van der Waals surface area contributed by atoms with Gasteiger partial charge in [-0.25, -0.2) is 9.97 Å². The largest absolute Gasteiger partial charge is 0.319 e. The van der Waals surface area contributed by atoms with E-state index in [1.54, 1.807) is 23.3 Å². The topological polar surface area (TPSA) is 54.9 Å². The van der Waals surface area contributed by atoms with E-state index in [0.29, 0.717) is 11.4 Å². The zero-order chi connectivity index (χ0) is 16.8. The Morgan fingerprint density at radius 1 is 1.21 bits per heavy atom. The molecule has 6 heteroatoms. The molecular formula is C18H17N3OS2. The first-order valence-electron chi connectivity index (χ1n) is 7.63. The highest BCUT2D eigenvalue weighted by Gasteiger charge is 2.11. The zero-order valence-electron chi connectivity index (χ0n) is 13.2. The normalized spacial score (nSPS) is 10.5. The number of anilines is 1. The third-order valence-electron chi connectivity index (χ3n) is 3.27. The van der Waals surface area contributed by atoms with Gasteiger partial charge in [0.1, 0.15) is 5.69 Å². The van der Waals surface area contributed by atoms with Gasteiger partial charge in [-0.3, -0.25) is 4.79 Å². The molecule has 0 aliphatic carbocycles. The highest BCUT2D eigenvalue weighted by Crippen LogP contribution is 2.18. The Morgan fingerprint density at radius 3 is 2.75 bits per heavy atom. The van der Waals surface area contributed by atoms with Crippen molar-refractivity contribution in [1.29, 1.82) is 0 Å². The highest BCUT2D eigenvalue weighted by atomic mass is 32.2. The lowest BCUT2D eigenvalue weighted by atomic mass is 10.2. The molecule has 1 N–H and O–H groups in total. The van der Waals surface area contributed by atoms with Crippen LogP contribution < -0.4 is 5.32 Å². The first kappa shape index (κ1) is 16.7. The lowest BCUT2D eigenvalue weighted by molar-refractivity contribution is 0.102. The predicted molar refractivity (Wildman–Crippen MR) is 100.0 cm³/mol. The summed E-state index contributed by atoms with van der Waals surface area (Å²) in [5.74, 6) is 0.769. The van der Waals surface area contributed by atoms with Gasteiger partial charge in [-0.15, -0.1) is 23.1 Å². The van der Waals surface area contributed by atoms with E-state index < -0.39 is 0 Å². The zero-order valence-corrected chi connectivity index (χ0v) is 14.9. The van der Waals surface area contributed by atoms with E-state index in [9.17, 15) is 4.79 Å². The molecule has 1 aromatic carbocycles. The number of nitrogens with one attached hydrogen (secondary N) is 1. The second-order valence-electron chi connectivity index (χ2n) is 5.06. The van der Waals surface area contributed by atoms with E-state index in [1.807, 2.05) is 30.3 Å². The molecule has 0 saturated heterocycles. The van der Waals surface area contributed by atoms with Crippen molar-refractivity contribution in [3.8, 4) is 0 Å². The van der Waals surface area contributed by atoms with Crippen LogP contribution in [0.2, 0.25) is 0 Å². The summed E-state index contributed by atoms with van der Waals surface area (Å²) < 4.78 is 0. The van der Waals surface area contributed by atoms with Crippen LogP contribution in [0, 0.1) is 0 Å². The summed E-state index contributed by atoms with van der Waals surface area (Å²) in [4.78, 5) is 21.0. The van der Waals surface area contributed by atoms with E-state index in [1.165, 1.54) is 16.9 Å². The van der Waals surface area contributed by atoms with Crippen molar-refractivity contribution in [2.75, 3.05) is 11.1 Å². The van der Waals surface area contributed by atoms with E-state index in [-0.39, 0.29) is 5.91 Å². The Hall–Kier alpha value is -2.18. The highest BCUT2D eigenvalue weighted by molar-refractivity contribution is 7.99. The Morgan fingerprint density at radius 2 is 2.04 bits per heavy atom. The number of carbonyl (C=O) groups excluding carboxylic acids is 1. The molecule has 0 unspecified atom stereocenters. The molecule has 2 aromatic heterocycles. The molecule has 0 aliphatic rings. The minimum atomic E-state index is -0.205. The minimum Gasteiger partial charge on any atom is -0.319 e. The maximum Gasteiger partial charge on any atom is 0.275 e. The summed E-state index contributed by atoms with van der Waals surface area (Å²) in [5.41, 5.74) is 2.31. The molecule has 4 nitrogen and oxygen atoms in total. The van der Waals surface area contributed by atoms with Crippen molar-refractivity contribution in [2.45, 2.75) is 18.4 Å². The van der Waals surface area contributed by atoms with Crippen LogP contribution in [0.1, 0.15) is 28.0 Å². The smallest absolute Gasteiger partial charge is 0.275 e. The second kappa shape index (κ2) is 8.08. The van der Waals surface area contributed by atoms with Crippen LogP contribution in [0.3, 0.4) is 0 Å². The SMILES string of the molecule is CCSc1ccc(NC(=O)c2csc(Cc3ccccc3)n2)cn1. The van der Waals surface area contributed by atoms with Crippen molar-refractivity contribution in [2.24, 2.45) is 0 Å². The van der Waals surface area contributed by atoms with Gasteiger partial charge in [0, 0.05) is 11.8 Å². The van der Waals surface area contributed by atoms with Gasteiger partial charge < -0.3 is 5.32 Å². The Bertz CT molecular complexity index is 801. The van der Waals surface area contributed by atoms with Crippen molar-refractivity contribution >= 4 is 34.7 Å². The fourth-order valence-corrected chi connectivity index (χ4v) is 3.55. The van der Waals surface area contributed by atoms with Crippen LogP contribution >= 0.6 is 23.1 Å². The standard InChI is InChI=1S/C18H17N3OS2/c1-2-23-16-9-8-14(11-19-16)20-18(22)15-12-24-17(21-15)10-13-6-4-3-5-7-13/h3-9,11-12H,2,10H2,1H3,(H,20,22). The van der Waals surface area contributed by atoms with Crippen LogP contribution in [0.25, 0.3) is 0 Å². The maximum absolute atomic E-state index is 12.3. The molecule has 3 rings (SSSR count). The molecule has 0 saturated carbocycles. The molecule has 0 spiro atoms. The Kier molecular flexibility index (Phi) is 5.61. The number of amides is 1. The van der Waals surface area contributed by atoms with E-state index in [0.717, 1.165) is 22.2 Å². The summed E-state index contributed by atoms with van der Waals surface area (Å²) in [7, 11) is 0. The predicted octanol–water partition coefficient (Wildman–Crippen LogP) is 4.49.